The Morgan fingerprint density at radius 2 is 2.14 bits per heavy atom. The number of carbonyl (C=O) groups excluding carboxylic acids is 2. The zero-order chi connectivity index (χ0) is 20.4. The largest absolute Gasteiger partial charge is 0.442 e. The molecule has 0 aliphatic carbocycles. The van der Waals surface area contributed by atoms with Gasteiger partial charge in [0.1, 0.15) is 11.9 Å². The SMILES string of the molecule is CC(=O)NC[C@H]1CN(c2ccc(-c3ccc(-c4cccnc4)s3)c(F)c2)C(=O)O1. The Hall–Kier alpha value is -3.26. The minimum absolute atomic E-state index is 0.198. The van der Waals surface area contributed by atoms with Crippen molar-refractivity contribution in [2.75, 3.05) is 18.0 Å². The van der Waals surface area contributed by atoms with Crippen LogP contribution in [0, 0.1) is 5.82 Å². The lowest BCUT2D eigenvalue weighted by atomic mass is 10.1. The van der Waals surface area contributed by atoms with E-state index in [0.29, 0.717) is 11.3 Å². The van der Waals surface area contributed by atoms with Crippen molar-refractivity contribution in [3.8, 4) is 20.9 Å². The third-order valence-corrected chi connectivity index (χ3v) is 5.70. The van der Waals surface area contributed by atoms with Crippen LogP contribution >= 0.6 is 11.3 Å². The molecule has 0 spiro atoms. The van der Waals surface area contributed by atoms with Crippen molar-refractivity contribution < 1.29 is 18.7 Å². The first-order valence-corrected chi connectivity index (χ1v) is 9.85. The van der Waals surface area contributed by atoms with Gasteiger partial charge in [0.05, 0.1) is 18.8 Å². The lowest BCUT2D eigenvalue weighted by molar-refractivity contribution is -0.119. The summed E-state index contributed by atoms with van der Waals surface area (Å²) in [7, 11) is 0. The summed E-state index contributed by atoms with van der Waals surface area (Å²) in [6.07, 6.45) is 2.46. The standard InChI is InChI=1S/C21H18FN3O3S/c1-13(26)24-11-16-12-25(21(27)28-16)15-4-5-17(18(22)9-15)20-7-6-19(29-20)14-3-2-8-23-10-14/h2-10,16H,11-12H2,1H3,(H,24,26)/t16-/m0/s1. The predicted octanol–water partition coefficient (Wildman–Crippen LogP) is 4.08. The molecule has 1 atom stereocenters. The van der Waals surface area contributed by atoms with Crippen LogP contribution < -0.4 is 10.2 Å². The van der Waals surface area contributed by atoms with Crippen LogP contribution in [0.2, 0.25) is 0 Å². The third-order valence-electron chi connectivity index (χ3n) is 4.53. The van der Waals surface area contributed by atoms with Gasteiger partial charge in [0.2, 0.25) is 5.91 Å². The monoisotopic (exact) mass is 411 g/mol. The minimum atomic E-state index is -0.553. The van der Waals surface area contributed by atoms with Crippen LogP contribution in [0.15, 0.2) is 54.9 Å². The molecule has 148 valence electrons. The summed E-state index contributed by atoms with van der Waals surface area (Å²) in [5.41, 5.74) is 1.87. The lowest BCUT2D eigenvalue weighted by Crippen LogP contribution is -2.33. The van der Waals surface area contributed by atoms with Gasteiger partial charge in [-0.25, -0.2) is 9.18 Å². The van der Waals surface area contributed by atoms with Crippen molar-refractivity contribution in [1.82, 2.24) is 10.3 Å². The molecule has 2 amide bonds. The van der Waals surface area contributed by atoms with Crippen LogP contribution in [0.1, 0.15) is 6.92 Å². The molecule has 0 saturated carbocycles. The maximum atomic E-state index is 14.8. The highest BCUT2D eigenvalue weighted by Gasteiger charge is 2.32. The zero-order valence-corrected chi connectivity index (χ0v) is 16.4. The molecule has 0 radical (unpaired) electrons. The summed E-state index contributed by atoms with van der Waals surface area (Å²) in [5.74, 6) is -0.614. The van der Waals surface area contributed by atoms with Gasteiger partial charge in [0, 0.05) is 40.2 Å². The molecule has 1 saturated heterocycles. The van der Waals surface area contributed by atoms with Crippen LogP contribution in [-0.4, -0.2) is 36.2 Å². The zero-order valence-electron chi connectivity index (χ0n) is 15.6. The Morgan fingerprint density at radius 3 is 2.86 bits per heavy atom. The molecule has 0 unspecified atom stereocenters. The number of ether oxygens (including phenoxy) is 1. The maximum absolute atomic E-state index is 14.8. The fourth-order valence-corrected chi connectivity index (χ4v) is 4.14. The number of anilines is 1. The number of hydrogen-bond acceptors (Lipinski definition) is 5. The Bertz CT molecular complexity index is 1050. The molecule has 2 aromatic heterocycles. The van der Waals surface area contributed by atoms with Crippen LogP contribution in [0.25, 0.3) is 20.9 Å². The van der Waals surface area contributed by atoms with Gasteiger partial charge in [-0.1, -0.05) is 6.07 Å². The van der Waals surface area contributed by atoms with E-state index >= 15 is 0 Å². The second-order valence-corrected chi connectivity index (χ2v) is 7.71. The molecule has 4 rings (SSSR count). The number of halogens is 1. The van der Waals surface area contributed by atoms with Crippen molar-refractivity contribution in [2.45, 2.75) is 13.0 Å². The molecule has 8 heteroatoms. The molecule has 0 bridgehead atoms. The van der Waals surface area contributed by atoms with E-state index in [1.807, 2.05) is 24.3 Å². The van der Waals surface area contributed by atoms with E-state index in [0.717, 1.165) is 15.3 Å². The molecule has 3 aromatic rings. The molecule has 29 heavy (non-hydrogen) atoms. The highest BCUT2D eigenvalue weighted by molar-refractivity contribution is 7.18. The number of aromatic nitrogens is 1. The highest BCUT2D eigenvalue weighted by Crippen LogP contribution is 2.36. The number of amides is 2. The summed E-state index contributed by atoms with van der Waals surface area (Å²) in [6, 6.07) is 12.3. The number of benzene rings is 1. The van der Waals surface area contributed by atoms with E-state index in [9.17, 15) is 14.0 Å². The number of thiophene rings is 1. The van der Waals surface area contributed by atoms with Crippen LogP contribution in [0.5, 0.6) is 0 Å². The van der Waals surface area contributed by atoms with Gasteiger partial charge in [-0.2, -0.15) is 0 Å². The Balaban J connectivity index is 1.52. The van der Waals surface area contributed by atoms with E-state index in [1.54, 1.807) is 24.5 Å². The van der Waals surface area contributed by atoms with Crippen LogP contribution in [0.4, 0.5) is 14.9 Å². The first-order chi connectivity index (χ1) is 14.0. The first kappa shape index (κ1) is 19.1. The van der Waals surface area contributed by atoms with Gasteiger partial charge >= 0.3 is 6.09 Å². The van der Waals surface area contributed by atoms with E-state index < -0.39 is 18.0 Å². The quantitative estimate of drug-likeness (QED) is 0.687. The lowest BCUT2D eigenvalue weighted by Gasteiger charge is -2.14. The number of pyridine rings is 1. The number of cyclic esters (lactones) is 1. The van der Waals surface area contributed by atoms with E-state index in [1.165, 1.54) is 29.2 Å². The van der Waals surface area contributed by atoms with Crippen LogP contribution in [-0.2, 0) is 9.53 Å². The Morgan fingerprint density at radius 1 is 1.31 bits per heavy atom. The van der Waals surface area contributed by atoms with Gasteiger partial charge in [-0.3, -0.25) is 14.7 Å². The molecule has 1 N–H and O–H groups in total. The van der Waals surface area contributed by atoms with Crippen molar-refractivity contribution in [1.29, 1.82) is 0 Å². The number of carbonyl (C=O) groups is 2. The van der Waals surface area contributed by atoms with Gasteiger partial charge in [0.15, 0.2) is 0 Å². The summed E-state index contributed by atoms with van der Waals surface area (Å²) in [6.45, 7) is 1.87. The van der Waals surface area contributed by atoms with Crippen molar-refractivity contribution in [3.05, 3.63) is 60.7 Å². The van der Waals surface area contributed by atoms with E-state index in [2.05, 4.69) is 10.3 Å². The Kier molecular flexibility index (Phi) is 5.26. The van der Waals surface area contributed by atoms with Crippen molar-refractivity contribution >= 4 is 29.0 Å². The van der Waals surface area contributed by atoms with Crippen molar-refractivity contribution in [3.63, 3.8) is 0 Å². The number of nitrogens with one attached hydrogen (secondary N) is 1. The number of nitrogens with zero attached hydrogens (tertiary/aromatic N) is 2. The summed E-state index contributed by atoms with van der Waals surface area (Å²) < 4.78 is 20.1. The molecule has 1 aliphatic rings. The minimum Gasteiger partial charge on any atom is -0.442 e. The van der Waals surface area contributed by atoms with Gasteiger partial charge in [-0.05, 0) is 36.4 Å². The summed E-state index contributed by atoms with van der Waals surface area (Å²) >= 11 is 1.48. The van der Waals surface area contributed by atoms with Crippen molar-refractivity contribution in [2.24, 2.45) is 0 Å². The number of hydrogen-bond donors (Lipinski definition) is 1. The third kappa shape index (κ3) is 4.12. The molecule has 1 aromatic carbocycles. The van der Waals surface area contributed by atoms with E-state index in [-0.39, 0.29) is 19.0 Å². The molecule has 6 nitrogen and oxygen atoms in total. The maximum Gasteiger partial charge on any atom is 0.414 e. The molecule has 1 fully saturated rings. The normalized spacial score (nSPS) is 16.0. The fraction of sp³-hybridized carbons (Fsp3) is 0.190. The van der Waals surface area contributed by atoms with Crippen LogP contribution in [0.3, 0.4) is 0 Å². The highest BCUT2D eigenvalue weighted by atomic mass is 32.1. The fourth-order valence-electron chi connectivity index (χ4n) is 3.11. The molecular formula is C21H18FN3O3S. The van der Waals surface area contributed by atoms with Gasteiger partial charge in [-0.15, -0.1) is 11.3 Å². The summed E-state index contributed by atoms with van der Waals surface area (Å²) in [5, 5.41) is 2.62. The Labute approximate surface area is 171 Å². The smallest absolute Gasteiger partial charge is 0.414 e. The molecule has 3 heterocycles. The predicted molar refractivity (Wildman–Crippen MR) is 109 cm³/mol. The topological polar surface area (TPSA) is 71.5 Å². The summed E-state index contributed by atoms with van der Waals surface area (Å²) in [4.78, 5) is 30.4. The van der Waals surface area contributed by atoms with Gasteiger partial charge < -0.3 is 10.1 Å². The number of rotatable bonds is 5. The van der Waals surface area contributed by atoms with Gasteiger partial charge in [0.25, 0.3) is 0 Å². The second kappa shape index (κ2) is 8.00. The second-order valence-electron chi connectivity index (χ2n) is 6.62. The molecule has 1 aliphatic heterocycles. The molecular weight excluding hydrogens is 393 g/mol. The average Bonchev–Trinajstić information content (AvgIpc) is 3.34. The van der Waals surface area contributed by atoms with E-state index in [4.69, 9.17) is 4.74 Å². The average molecular weight is 411 g/mol. The first-order valence-electron chi connectivity index (χ1n) is 9.04.